The zero-order valence-electron chi connectivity index (χ0n) is 8.63. The van der Waals surface area contributed by atoms with Crippen LogP contribution in [-0.2, 0) is 4.74 Å². The summed E-state index contributed by atoms with van der Waals surface area (Å²) in [5.74, 6) is 0.763. The van der Waals surface area contributed by atoms with Crippen LogP contribution in [0, 0.1) is 5.92 Å². The van der Waals surface area contributed by atoms with Crippen molar-refractivity contribution in [2.24, 2.45) is 5.92 Å². The molecule has 0 aliphatic carbocycles. The van der Waals surface area contributed by atoms with Gasteiger partial charge >= 0.3 is 0 Å². The summed E-state index contributed by atoms with van der Waals surface area (Å²) in [7, 11) is 1.82. The molecule has 13 heavy (non-hydrogen) atoms. The molecule has 0 amide bonds. The maximum absolute atomic E-state index is 5.33. The van der Waals surface area contributed by atoms with Gasteiger partial charge in [-0.15, -0.1) is 0 Å². The fraction of sp³-hybridized carbons (Fsp3) is 1.00. The van der Waals surface area contributed by atoms with E-state index in [1.807, 2.05) is 7.11 Å². The standard InChI is InChI=1S/C10H20BrNO/c1-9(7-11)8-12-5-3-10(13-2)4-6-12/h9-10H,3-8H2,1-2H3. The highest BCUT2D eigenvalue weighted by Crippen LogP contribution is 2.14. The largest absolute Gasteiger partial charge is 0.381 e. The van der Waals surface area contributed by atoms with Gasteiger partial charge in [-0.05, 0) is 18.8 Å². The molecule has 0 aromatic carbocycles. The van der Waals surface area contributed by atoms with Gasteiger partial charge < -0.3 is 9.64 Å². The first kappa shape index (κ1) is 11.5. The first-order chi connectivity index (χ1) is 6.26. The molecule has 0 bridgehead atoms. The summed E-state index contributed by atoms with van der Waals surface area (Å²) in [5.41, 5.74) is 0. The summed E-state index contributed by atoms with van der Waals surface area (Å²) >= 11 is 3.52. The topological polar surface area (TPSA) is 12.5 Å². The summed E-state index contributed by atoms with van der Waals surface area (Å²) < 4.78 is 5.33. The van der Waals surface area contributed by atoms with E-state index in [-0.39, 0.29) is 0 Å². The fourth-order valence-corrected chi connectivity index (χ4v) is 2.02. The van der Waals surface area contributed by atoms with Crippen molar-refractivity contribution < 1.29 is 4.74 Å². The predicted molar refractivity (Wildman–Crippen MR) is 59.4 cm³/mol. The molecule has 1 atom stereocenters. The molecule has 1 aliphatic rings. The fourth-order valence-electron chi connectivity index (χ4n) is 1.82. The normalized spacial score (nSPS) is 23.3. The van der Waals surface area contributed by atoms with Crippen LogP contribution in [0.15, 0.2) is 0 Å². The van der Waals surface area contributed by atoms with Crippen molar-refractivity contribution in [2.75, 3.05) is 32.1 Å². The lowest BCUT2D eigenvalue weighted by Crippen LogP contribution is -2.39. The van der Waals surface area contributed by atoms with E-state index in [2.05, 4.69) is 27.8 Å². The third-order valence-electron chi connectivity index (χ3n) is 2.70. The van der Waals surface area contributed by atoms with Crippen LogP contribution < -0.4 is 0 Å². The lowest BCUT2D eigenvalue weighted by Gasteiger charge is -2.32. The molecule has 0 spiro atoms. The summed E-state index contributed by atoms with van der Waals surface area (Å²) in [6.45, 7) is 5.92. The second-order valence-electron chi connectivity index (χ2n) is 4.00. The summed E-state index contributed by atoms with van der Waals surface area (Å²) in [5, 5.41) is 1.11. The number of alkyl halides is 1. The summed E-state index contributed by atoms with van der Waals surface area (Å²) in [4.78, 5) is 2.54. The number of methoxy groups -OCH3 is 1. The molecule has 78 valence electrons. The summed E-state index contributed by atoms with van der Waals surface area (Å²) in [6, 6.07) is 0. The van der Waals surface area contributed by atoms with Crippen LogP contribution in [-0.4, -0.2) is 43.1 Å². The van der Waals surface area contributed by atoms with Crippen LogP contribution in [0.1, 0.15) is 19.8 Å². The Morgan fingerprint density at radius 3 is 2.54 bits per heavy atom. The van der Waals surface area contributed by atoms with Crippen molar-refractivity contribution in [1.82, 2.24) is 4.90 Å². The molecule has 0 N–H and O–H groups in total. The third-order valence-corrected chi connectivity index (χ3v) is 3.81. The first-order valence-corrected chi connectivity index (χ1v) is 6.19. The van der Waals surface area contributed by atoms with E-state index in [0.717, 1.165) is 11.2 Å². The number of likely N-dealkylation sites (tertiary alicyclic amines) is 1. The number of ether oxygens (including phenoxy) is 1. The molecule has 3 heteroatoms. The quantitative estimate of drug-likeness (QED) is 0.709. The average molecular weight is 250 g/mol. The van der Waals surface area contributed by atoms with E-state index < -0.39 is 0 Å². The Kier molecular flexibility index (Phi) is 5.29. The highest BCUT2D eigenvalue weighted by Gasteiger charge is 2.19. The van der Waals surface area contributed by atoms with Crippen LogP contribution in [0.5, 0.6) is 0 Å². The second-order valence-corrected chi connectivity index (χ2v) is 4.64. The van der Waals surface area contributed by atoms with Gasteiger partial charge in [0, 0.05) is 32.1 Å². The Labute approximate surface area is 89.8 Å². The van der Waals surface area contributed by atoms with Crippen LogP contribution in [0.25, 0.3) is 0 Å². The number of rotatable bonds is 4. The van der Waals surface area contributed by atoms with Gasteiger partial charge in [-0.2, -0.15) is 0 Å². The highest BCUT2D eigenvalue weighted by molar-refractivity contribution is 9.09. The number of piperidine rings is 1. The molecule has 1 saturated heterocycles. The van der Waals surface area contributed by atoms with E-state index >= 15 is 0 Å². The molecule has 0 saturated carbocycles. The lowest BCUT2D eigenvalue weighted by molar-refractivity contribution is 0.0382. The number of nitrogens with zero attached hydrogens (tertiary/aromatic N) is 1. The zero-order chi connectivity index (χ0) is 9.68. The predicted octanol–water partition coefficient (Wildman–Crippen LogP) is 2.13. The zero-order valence-corrected chi connectivity index (χ0v) is 10.2. The van der Waals surface area contributed by atoms with Gasteiger partial charge in [0.1, 0.15) is 0 Å². The minimum absolute atomic E-state index is 0.510. The maximum Gasteiger partial charge on any atom is 0.0595 e. The van der Waals surface area contributed by atoms with Crippen molar-refractivity contribution in [3.8, 4) is 0 Å². The molecule has 1 heterocycles. The van der Waals surface area contributed by atoms with Gasteiger partial charge in [0.25, 0.3) is 0 Å². The van der Waals surface area contributed by atoms with Crippen molar-refractivity contribution in [3.63, 3.8) is 0 Å². The van der Waals surface area contributed by atoms with Gasteiger partial charge in [-0.1, -0.05) is 22.9 Å². The van der Waals surface area contributed by atoms with Crippen LogP contribution in [0.2, 0.25) is 0 Å². The van der Waals surface area contributed by atoms with Crippen LogP contribution >= 0.6 is 15.9 Å². The van der Waals surface area contributed by atoms with E-state index in [1.165, 1.54) is 32.5 Å². The van der Waals surface area contributed by atoms with Crippen LogP contribution in [0.3, 0.4) is 0 Å². The lowest BCUT2D eigenvalue weighted by atomic mass is 10.1. The van der Waals surface area contributed by atoms with E-state index in [4.69, 9.17) is 4.74 Å². The monoisotopic (exact) mass is 249 g/mol. The van der Waals surface area contributed by atoms with E-state index in [9.17, 15) is 0 Å². The number of hydrogen-bond donors (Lipinski definition) is 0. The van der Waals surface area contributed by atoms with Gasteiger partial charge in [0.05, 0.1) is 6.10 Å². The third kappa shape index (κ3) is 3.96. The van der Waals surface area contributed by atoms with Crippen molar-refractivity contribution in [1.29, 1.82) is 0 Å². The van der Waals surface area contributed by atoms with Gasteiger partial charge in [-0.3, -0.25) is 0 Å². The van der Waals surface area contributed by atoms with E-state index in [0.29, 0.717) is 6.10 Å². The van der Waals surface area contributed by atoms with Gasteiger partial charge in [0.2, 0.25) is 0 Å². The van der Waals surface area contributed by atoms with E-state index in [1.54, 1.807) is 0 Å². The van der Waals surface area contributed by atoms with Crippen molar-refractivity contribution in [2.45, 2.75) is 25.9 Å². The Hall–Kier alpha value is 0.400. The molecule has 1 aliphatic heterocycles. The first-order valence-electron chi connectivity index (χ1n) is 5.07. The minimum atomic E-state index is 0.510. The Bertz CT molecular complexity index is 135. The number of halogens is 1. The maximum atomic E-state index is 5.33. The van der Waals surface area contributed by atoms with Crippen LogP contribution in [0.4, 0.5) is 0 Å². The second kappa shape index (κ2) is 5.99. The Balaban J connectivity index is 2.17. The molecule has 1 rings (SSSR count). The Morgan fingerprint density at radius 1 is 1.46 bits per heavy atom. The molecular formula is C10H20BrNO. The molecule has 2 nitrogen and oxygen atoms in total. The van der Waals surface area contributed by atoms with Gasteiger partial charge in [0.15, 0.2) is 0 Å². The molecule has 0 radical (unpaired) electrons. The summed E-state index contributed by atoms with van der Waals surface area (Å²) in [6.07, 6.45) is 2.91. The molecular weight excluding hydrogens is 230 g/mol. The smallest absolute Gasteiger partial charge is 0.0595 e. The highest BCUT2D eigenvalue weighted by atomic mass is 79.9. The SMILES string of the molecule is COC1CCN(CC(C)CBr)CC1. The molecule has 1 unspecified atom stereocenters. The molecule has 0 aromatic heterocycles. The van der Waals surface area contributed by atoms with Crippen molar-refractivity contribution >= 4 is 15.9 Å². The molecule has 1 fully saturated rings. The Morgan fingerprint density at radius 2 is 2.08 bits per heavy atom. The minimum Gasteiger partial charge on any atom is -0.381 e. The number of hydrogen-bond acceptors (Lipinski definition) is 2. The average Bonchev–Trinajstić information content (AvgIpc) is 2.19. The van der Waals surface area contributed by atoms with Crippen molar-refractivity contribution in [3.05, 3.63) is 0 Å². The van der Waals surface area contributed by atoms with Gasteiger partial charge in [-0.25, -0.2) is 0 Å². The molecule has 0 aromatic rings.